The molecular weight excluding hydrogens is 236 g/mol. The normalized spacial score (nSPS) is 10.4. The van der Waals surface area contributed by atoms with Gasteiger partial charge in [0.2, 0.25) is 0 Å². The molecule has 0 aliphatic rings. The monoisotopic (exact) mass is 256 g/mol. The summed E-state index contributed by atoms with van der Waals surface area (Å²) in [5.41, 5.74) is 3.66. The van der Waals surface area contributed by atoms with Gasteiger partial charge in [0.25, 0.3) is 0 Å². The summed E-state index contributed by atoms with van der Waals surface area (Å²) >= 11 is 0. The van der Waals surface area contributed by atoms with Gasteiger partial charge in [-0.3, -0.25) is 4.98 Å². The molecule has 0 saturated heterocycles. The van der Waals surface area contributed by atoms with E-state index in [1.807, 2.05) is 30.6 Å². The summed E-state index contributed by atoms with van der Waals surface area (Å²) in [7, 11) is 1.70. The lowest BCUT2D eigenvalue weighted by Gasteiger charge is -2.12. The average molecular weight is 256 g/mol. The van der Waals surface area contributed by atoms with E-state index in [0.717, 1.165) is 25.3 Å². The van der Waals surface area contributed by atoms with Crippen LogP contribution in [0.3, 0.4) is 0 Å². The number of nitrogens with one attached hydrogen (secondary N) is 1. The third kappa shape index (κ3) is 3.55. The first-order valence-electron chi connectivity index (χ1n) is 6.63. The fourth-order valence-corrected chi connectivity index (χ4v) is 2.06. The molecule has 100 valence electrons. The van der Waals surface area contributed by atoms with Crippen molar-refractivity contribution in [2.24, 2.45) is 0 Å². The number of rotatable bonds is 6. The summed E-state index contributed by atoms with van der Waals surface area (Å²) in [6.45, 7) is 4.04. The maximum absolute atomic E-state index is 5.31. The van der Waals surface area contributed by atoms with Gasteiger partial charge in [-0.2, -0.15) is 0 Å². The van der Waals surface area contributed by atoms with Crippen LogP contribution in [0.1, 0.15) is 18.9 Å². The molecule has 1 aromatic heterocycles. The minimum atomic E-state index is 0.850. The van der Waals surface area contributed by atoms with E-state index in [1.54, 1.807) is 7.11 Å². The van der Waals surface area contributed by atoms with Crippen LogP contribution in [0.15, 0.2) is 42.7 Å². The van der Waals surface area contributed by atoms with E-state index < -0.39 is 0 Å². The number of pyridine rings is 1. The fraction of sp³-hybridized carbons (Fsp3) is 0.312. The van der Waals surface area contributed by atoms with Crippen molar-refractivity contribution in [3.8, 4) is 16.9 Å². The van der Waals surface area contributed by atoms with Gasteiger partial charge >= 0.3 is 0 Å². The lowest BCUT2D eigenvalue weighted by molar-refractivity contribution is 0.414. The van der Waals surface area contributed by atoms with Gasteiger partial charge in [-0.15, -0.1) is 0 Å². The van der Waals surface area contributed by atoms with Crippen LogP contribution in [0.5, 0.6) is 5.75 Å². The van der Waals surface area contributed by atoms with Gasteiger partial charge < -0.3 is 10.1 Å². The Hall–Kier alpha value is -1.87. The summed E-state index contributed by atoms with van der Waals surface area (Å²) in [5, 5.41) is 3.44. The third-order valence-corrected chi connectivity index (χ3v) is 3.05. The second kappa shape index (κ2) is 6.90. The Kier molecular flexibility index (Phi) is 4.93. The highest BCUT2D eigenvalue weighted by Gasteiger charge is 2.06. The summed E-state index contributed by atoms with van der Waals surface area (Å²) in [6, 6.07) is 10.3. The maximum atomic E-state index is 5.31. The summed E-state index contributed by atoms with van der Waals surface area (Å²) in [6.07, 6.45) is 4.78. The van der Waals surface area contributed by atoms with E-state index in [9.17, 15) is 0 Å². The standard InChI is InChI=1S/C16H20N2O/c1-3-8-18-12-14-11-15(19-2)4-5-16(14)13-6-9-17-10-7-13/h4-7,9-11,18H,3,8,12H2,1-2H3. The zero-order chi connectivity index (χ0) is 13.5. The second-order valence-electron chi connectivity index (χ2n) is 4.44. The van der Waals surface area contributed by atoms with Crippen molar-refractivity contribution in [2.75, 3.05) is 13.7 Å². The predicted molar refractivity (Wildman–Crippen MR) is 78.2 cm³/mol. The third-order valence-electron chi connectivity index (χ3n) is 3.05. The van der Waals surface area contributed by atoms with Crippen LogP contribution in [-0.4, -0.2) is 18.6 Å². The molecule has 0 aliphatic carbocycles. The van der Waals surface area contributed by atoms with Gasteiger partial charge in [0, 0.05) is 18.9 Å². The smallest absolute Gasteiger partial charge is 0.119 e. The molecule has 0 radical (unpaired) electrons. The first-order valence-corrected chi connectivity index (χ1v) is 6.63. The summed E-state index contributed by atoms with van der Waals surface area (Å²) in [4.78, 5) is 4.07. The van der Waals surface area contributed by atoms with Gasteiger partial charge in [-0.05, 0) is 53.9 Å². The van der Waals surface area contributed by atoms with Gasteiger partial charge in [-0.25, -0.2) is 0 Å². The van der Waals surface area contributed by atoms with Crippen molar-refractivity contribution in [1.82, 2.24) is 10.3 Å². The molecule has 0 saturated carbocycles. The van der Waals surface area contributed by atoms with Crippen molar-refractivity contribution in [3.05, 3.63) is 48.3 Å². The van der Waals surface area contributed by atoms with E-state index in [-0.39, 0.29) is 0 Å². The van der Waals surface area contributed by atoms with Crippen LogP contribution < -0.4 is 10.1 Å². The molecule has 0 aliphatic heterocycles. The molecule has 0 fully saturated rings. The van der Waals surface area contributed by atoms with Crippen molar-refractivity contribution in [3.63, 3.8) is 0 Å². The molecule has 0 amide bonds. The molecule has 1 heterocycles. The van der Waals surface area contributed by atoms with E-state index in [2.05, 4.69) is 29.4 Å². The number of aromatic nitrogens is 1. The number of hydrogen-bond acceptors (Lipinski definition) is 3. The van der Waals surface area contributed by atoms with Gasteiger partial charge in [-0.1, -0.05) is 13.0 Å². The van der Waals surface area contributed by atoms with Crippen LogP contribution in [0, 0.1) is 0 Å². The second-order valence-corrected chi connectivity index (χ2v) is 4.44. The van der Waals surface area contributed by atoms with E-state index in [4.69, 9.17) is 4.74 Å². The molecule has 0 spiro atoms. The Labute approximate surface area is 114 Å². The average Bonchev–Trinajstić information content (AvgIpc) is 2.48. The number of hydrogen-bond donors (Lipinski definition) is 1. The zero-order valence-electron chi connectivity index (χ0n) is 11.5. The van der Waals surface area contributed by atoms with Crippen LogP contribution in [0.25, 0.3) is 11.1 Å². The molecule has 0 bridgehead atoms. The summed E-state index contributed by atoms with van der Waals surface area (Å²) in [5.74, 6) is 0.895. The molecule has 3 heteroatoms. The van der Waals surface area contributed by atoms with Gasteiger partial charge in [0.05, 0.1) is 7.11 Å². The highest BCUT2D eigenvalue weighted by atomic mass is 16.5. The van der Waals surface area contributed by atoms with Crippen molar-refractivity contribution >= 4 is 0 Å². The molecule has 0 unspecified atom stereocenters. The topological polar surface area (TPSA) is 34.1 Å². The molecule has 3 nitrogen and oxygen atoms in total. The summed E-state index contributed by atoms with van der Waals surface area (Å²) < 4.78 is 5.31. The highest BCUT2D eigenvalue weighted by Crippen LogP contribution is 2.26. The zero-order valence-corrected chi connectivity index (χ0v) is 11.5. The molecule has 2 aromatic rings. The Morgan fingerprint density at radius 3 is 2.63 bits per heavy atom. The van der Waals surface area contributed by atoms with E-state index >= 15 is 0 Å². The maximum Gasteiger partial charge on any atom is 0.119 e. The first kappa shape index (κ1) is 13.6. The minimum absolute atomic E-state index is 0.850. The van der Waals surface area contributed by atoms with Crippen LogP contribution in [0.4, 0.5) is 0 Å². The number of ether oxygens (including phenoxy) is 1. The molecule has 2 rings (SSSR count). The molecular formula is C16H20N2O. The Balaban J connectivity index is 2.31. The molecule has 0 atom stereocenters. The van der Waals surface area contributed by atoms with E-state index in [0.29, 0.717) is 0 Å². The Bertz CT molecular complexity index is 511. The SMILES string of the molecule is CCCNCc1cc(OC)ccc1-c1ccncc1. The predicted octanol–water partition coefficient (Wildman–Crippen LogP) is 3.26. The van der Waals surface area contributed by atoms with Crippen molar-refractivity contribution < 1.29 is 4.74 Å². The lowest BCUT2D eigenvalue weighted by Crippen LogP contribution is -2.14. The van der Waals surface area contributed by atoms with E-state index in [1.165, 1.54) is 16.7 Å². The van der Waals surface area contributed by atoms with Gasteiger partial charge in [0.15, 0.2) is 0 Å². The quantitative estimate of drug-likeness (QED) is 0.806. The van der Waals surface area contributed by atoms with Crippen molar-refractivity contribution in [2.45, 2.75) is 19.9 Å². The first-order chi connectivity index (χ1) is 9.35. The lowest BCUT2D eigenvalue weighted by atomic mass is 10.00. The Morgan fingerprint density at radius 2 is 1.95 bits per heavy atom. The minimum Gasteiger partial charge on any atom is -0.497 e. The van der Waals surface area contributed by atoms with Crippen LogP contribution in [0.2, 0.25) is 0 Å². The largest absolute Gasteiger partial charge is 0.497 e. The molecule has 1 N–H and O–H groups in total. The van der Waals surface area contributed by atoms with Crippen LogP contribution >= 0.6 is 0 Å². The van der Waals surface area contributed by atoms with Gasteiger partial charge in [0.1, 0.15) is 5.75 Å². The van der Waals surface area contributed by atoms with Crippen molar-refractivity contribution in [1.29, 1.82) is 0 Å². The van der Waals surface area contributed by atoms with Crippen LogP contribution in [-0.2, 0) is 6.54 Å². The number of benzene rings is 1. The number of nitrogens with zero attached hydrogens (tertiary/aromatic N) is 1. The highest BCUT2D eigenvalue weighted by molar-refractivity contribution is 5.68. The number of methoxy groups -OCH3 is 1. The molecule has 1 aromatic carbocycles. The molecule has 19 heavy (non-hydrogen) atoms. The Morgan fingerprint density at radius 1 is 1.16 bits per heavy atom. The fourth-order valence-electron chi connectivity index (χ4n) is 2.06.